The van der Waals surface area contributed by atoms with Gasteiger partial charge in [0, 0.05) is 35.0 Å². The maximum Gasteiger partial charge on any atom is 0.161 e. The first-order valence-corrected chi connectivity index (χ1v) is 13.3. The van der Waals surface area contributed by atoms with Crippen molar-refractivity contribution in [2.75, 3.05) is 17.6 Å². The van der Waals surface area contributed by atoms with Crippen molar-refractivity contribution in [1.29, 1.82) is 0 Å². The topological polar surface area (TPSA) is 92.4 Å². The molecule has 0 unspecified atom stereocenters. The van der Waals surface area contributed by atoms with Gasteiger partial charge in [-0.15, -0.1) is 0 Å². The number of hydrogen-bond donors (Lipinski definition) is 4. The first kappa shape index (κ1) is 27.9. The van der Waals surface area contributed by atoms with Crippen molar-refractivity contribution in [3.8, 4) is 22.8 Å². The lowest BCUT2D eigenvalue weighted by Gasteiger charge is -2.12. The van der Waals surface area contributed by atoms with E-state index in [1.807, 2.05) is 44.2 Å². The molecule has 5 aromatic rings. The molecule has 3 N–H and O–H groups in total. The molecule has 0 fully saturated rings. The van der Waals surface area contributed by atoms with Crippen molar-refractivity contribution in [2.45, 2.75) is 27.0 Å². The Morgan fingerprint density at radius 2 is 1.87 bits per heavy atom. The van der Waals surface area contributed by atoms with Gasteiger partial charge in [-0.2, -0.15) is 12.6 Å². The molecule has 3 aromatic carbocycles. The molecule has 0 saturated heterocycles. The molecule has 0 amide bonds. The van der Waals surface area contributed by atoms with Crippen LogP contribution >= 0.6 is 12.6 Å². The van der Waals surface area contributed by atoms with E-state index >= 15 is 0 Å². The molecule has 5 rings (SSSR count). The van der Waals surface area contributed by atoms with E-state index in [-0.39, 0.29) is 18.2 Å². The highest BCUT2D eigenvalue weighted by atomic mass is 32.1. The number of benzene rings is 3. The summed E-state index contributed by atoms with van der Waals surface area (Å²) in [6.45, 7) is 5.57. The number of nitrogens with zero attached hydrogens (tertiary/aromatic N) is 2. The maximum absolute atomic E-state index is 13.4. The molecule has 0 aliphatic carbocycles. The second-order valence-electron chi connectivity index (χ2n) is 8.35. The Balaban J connectivity index is 0.00000172. The number of rotatable bonds is 10. The highest BCUT2D eigenvalue weighted by Gasteiger charge is 2.11. The highest BCUT2D eigenvalue weighted by molar-refractivity contribution is 7.80. The molecule has 2 aromatic heterocycles. The monoisotopic (exact) mass is 546 g/mol. The molecule has 0 bridgehead atoms. The van der Waals surface area contributed by atoms with E-state index in [9.17, 15) is 9.50 Å². The molecule has 9 heteroatoms. The van der Waals surface area contributed by atoms with E-state index in [2.05, 4.69) is 33.2 Å². The number of fused-ring (bicyclic) bond motifs is 1. The van der Waals surface area contributed by atoms with Gasteiger partial charge in [-0.3, -0.25) is 0 Å². The molecule has 2 heterocycles. The summed E-state index contributed by atoms with van der Waals surface area (Å²) in [5, 5.41) is 17.8. The summed E-state index contributed by atoms with van der Waals surface area (Å²) in [5.74, 6) is 2.85. The van der Waals surface area contributed by atoms with Crippen LogP contribution in [-0.4, -0.2) is 27.4 Å². The van der Waals surface area contributed by atoms with Crippen molar-refractivity contribution in [2.24, 2.45) is 0 Å². The van der Waals surface area contributed by atoms with E-state index in [0.29, 0.717) is 29.4 Å². The average molecular weight is 547 g/mol. The van der Waals surface area contributed by atoms with Crippen LogP contribution in [0.4, 0.5) is 15.9 Å². The molecule has 0 saturated carbocycles. The number of anilines is 2. The molecule has 0 radical (unpaired) electrons. The number of hydrogen-bond acceptors (Lipinski definition) is 8. The zero-order chi connectivity index (χ0) is 27.6. The van der Waals surface area contributed by atoms with Crippen LogP contribution in [0.2, 0.25) is 0 Å². The Morgan fingerprint density at radius 3 is 2.67 bits per heavy atom. The van der Waals surface area contributed by atoms with Gasteiger partial charge in [-0.05, 0) is 60.2 Å². The van der Waals surface area contributed by atoms with E-state index in [4.69, 9.17) is 9.15 Å². The number of nitrogens with one attached hydrogen (secondary N) is 2. The third-order valence-electron chi connectivity index (χ3n) is 5.67. The zero-order valence-corrected chi connectivity index (χ0v) is 22.7. The van der Waals surface area contributed by atoms with Gasteiger partial charge in [0.2, 0.25) is 0 Å². The van der Waals surface area contributed by atoms with Gasteiger partial charge >= 0.3 is 0 Å². The summed E-state index contributed by atoms with van der Waals surface area (Å²) in [4.78, 5) is 8.78. The lowest BCUT2D eigenvalue weighted by Crippen LogP contribution is -2.15. The van der Waals surface area contributed by atoms with Gasteiger partial charge in [0.05, 0.1) is 12.1 Å². The average Bonchev–Trinajstić information content (AvgIpc) is 3.43. The molecular formula is C30H31FN4O3S. The van der Waals surface area contributed by atoms with Crippen LogP contribution in [-0.2, 0) is 13.2 Å². The van der Waals surface area contributed by atoms with Crippen LogP contribution < -0.4 is 15.4 Å². The third-order valence-corrected chi connectivity index (χ3v) is 5.90. The molecule has 0 aliphatic heterocycles. The number of phenols is 1. The minimum atomic E-state index is -0.334. The summed E-state index contributed by atoms with van der Waals surface area (Å²) in [6.07, 6.45) is 1.48. The molecule has 0 aliphatic rings. The smallest absolute Gasteiger partial charge is 0.161 e. The Hall–Kier alpha value is -4.08. The van der Waals surface area contributed by atoms with Crippen LogP contribution in [0.5, 0.6) is 11.5 Å². The van der Waals surface area contributed by atoms with E-state index in [0.717, 1.165) is 40.3 Å². The Bertz CT molecular complexity index is 1530. The van der Waals surface area contributed by atoms with Crippen molar-refractivity contribution >= 4 is 35.0 Å². The number of aromatic nitrogens is 2. The molecule has 202 valence electrons. The summed E-state index contributed by atoms with van der Waals surface area (Å²) in [6, 6.07) is 20.9. The maximum atomic E-state index is 13.4. The Kier molecular flexibility index (Phi) is 9.77. The highest BCUT2D eigenvalue weighted by Crippen LogP contribution is 2.33. The molecule has 0 atom stereocenters. The minimum absolute atomic E-state index is 0.0462. The molecular weight excluding hydrogens is 515 g/mol. The van der Waals surface area contributed by atoms with E-state index in [1.54, 1.807) is 30.3 Å². The van der Waals surface area contributed by atoms with Gasteiger partial charge in [0.1, 0.15) is 36.1 Å². The molecule has 7 nitrogen and oxygen atoms in total. The fourth-order valence-electron chi connectivity index (χ4n) is 3.87. The number of ether oxygens (including phenoxy) is 1. The SMILES string of the molecule is CC.Oc1cc(Nc2ncnc3ccc(-c4ccc(CNCCS)o4)cc23)ccc1OCc1cccc(F)c1. The summed E-state index contributed by atoms with van der Waals surface area (Å²) >= 11 is 4.20. The van der Waals surface area contributed by atoms with Crippen molar-refractivity contribution in [1.82, 2.24) is 15.3 Å². The van der Waals surface area contributed by atoms with Gasteiger partial charge in [-0.25, -0.2) is 14.4 Å². The molecule has 0 spiro atoms. The fraction of sp³-hybridized carbons (Fsp3) is 0.200. The largest absolute Gasteiger partial charge is 0.504 e. The number of thiol groups is 1. The number of aromatic hydroxyl groups is 1. The van der Waals surface area contributed by atoms with Crippen LogP contribution in [0.25, 0.3) is 22.2 Å². The zero-order valence-electron chi connectivity index (χ0n) is 21.8. The van der Waals surface area contributed by atoms with Gasteiger partial charge in [-0.1, -0.05) is 26.0 Å². The van der Waals surface area contributed by atoms with Crippen molar-refractivity contribution < 1.29 is 18.7 Å². The van der Waals surface area contributed by atoms with E-state index < -0.39 is 0 Å². The summed E-state index contributed by atoms with van der Waals surface area (Å²) in [5.41, 5.74) is 2.96. The lowest BCUT2D eigenvalue weighted by atomic mass is 10.1. The lowest BCUT2D eigenvalue weighted by molar-refractivity contribution is 0.288. The summed E-state index contributed by atoms with van der Waals surface area (Å²) < 4.78 is 25.0. The van der Waals surface area contributed by atoms with Gasteiger partial charge < -0.3 is 24.9 Å². The van der Waals surface area contributed by atoms with Crippen molar-refractivity contribution in [3.63, 3.8) is 0 Å². The Morgan fingerprint density at radius 1 is 1.00 bits per heavy atom. The first-order chi connectivity index (χ1) is 19.1. The first-order valence-electron chi connectivity index (χ1n) is 12.7. The van der Waals surface area contributed by atoms with Crippen LogP contribution in [0, 0.1) is 5.82 Å². The van der Waals surface area contributed by atoms with Crippen LogP contribution in [0.3, 0.4) is 0 Å². The second kappa shape index (κ2) is 13.6. The fourth-order valence-corrected chi connectivity index (χ4v) is 4.03. The predicted molar refractivity (Wildman–Crippen MR) is 156 cm³/mol. The van der Waals surface area contributed by atoms with E-state index in [1.165, 1.54) is 18.5 Å². The quantitative estimate of drug-likeness (QED) is 0.110. The predicted octanol–water partition coefficient (Wildman–Crippen LogP) is 7.10. The van der Waals surface area contributed by atoms with Crippen LogP contribution in [0.15, 0.2) is 83.5 Å². The van der Waals surface area contributed by atoms with Gasteiger partial charge in [0.25, 0.3) is 0 Å². The standard InChI is InChI=1S/C28H25FN4O3S.C2H6/c29-20-3-1-2-18(12-20)16-35-27-8-5-21(14-25(27)34)33-28-23-13-19(4-7-24(23)31-17-32-28)26-9-6-22(36-26)15-30-10-11-37;1-2/h1-9,12-14,17,30,34,37H,10-11,15-16H2,(H,31,32,33);1-2H3. The van der Waals surface area contributed by atoms with Gasteiger partial charge in [0.15, 0.2) is 11.5 Å². The molecule has 39 heavy (non-hydrogen) atoms. The van der Waals surface area contributed by atoms with Crippen LogP contribution in [0.1, 0.15) is 25.2 Å². The van der Waals surface area contributed by atoms with Crippen molar-refractivity contribution in [3.05, 3.63) is 96.3 Å². The number of phenolic OH excluding ortho intramolecular Hbond substituents is 1. The summed E-state index contributed by atoms with van der Waals surface area (Å²) in [7, 11) is 0. The second-order valence-corrected chi connectivity index (χ2v) is 8.79. The normalized spacial score (nSPS) is 10.7. The Labute approximate surface area is 232 Å². The minimum Gasteiger partial charge on any atom is -0.504 e. The number of furan rings is 1. The number of halogens is 1. The third kappa shape index (κ3) is 7.28.